The zero-order chi connectivity index (χ0) is 17.1. The Morgan fingerprint density at radius 3 is 2.62 bits per heavy atom. The lowest BCUT2D eigenvalue weighted by Gasteiger charge is -2.28. The molecule has 6 nitrogen and oxygen atoms in total. The van der Waals surface area contributed by atoms with Crippen LogP contribution in [-0.4, -0.2) is 33.3 Å². The molecule has 1 saturated carbocycles. The molecule has 0 aliphatic heterocycles. The number of alkyl halides is 1. The van der Waals surface area contributed by atoms with Gasteiger partial charge in [0.05, 0.1) is 5.52 Å². The summed E-state index contributed by atoms with van der Waals surface area (Å²) in [6.45, 7) is 0. The fraction of sp³-hybridized carbons (Fsp3) is 0.438. The molecule has 1 aromatic carbocycles. The molecule has 2 aromatic rings. The molecule has 3 N–H and O–H groups in total. The van der Waals surface area contributed by atoms with Crippen molar-refractivity contribution in [1.82, 2.24) is 15.3 Å². The molecule has 1 aliphatic rings. The first-order valence-electron chi connectivity index (χ1n) is 7.82. The summed E-state index contributed by atoms with van der Waals surface area (Å²) in [5, 5.41) is 16.5. The van der Waals surface area contributed by atoms with E-state index in [1.54, 1.807) is 0 Å². The molecule has 0 radical (unpaired) electrons. The number of amides is 1. The molecule has 128 valence electrons. The van der Waals surface area contributed by atoms with E-state index in [0.717, 1.165) is 52.0 Å². The molecule has 0 bridgehead atoms. The van der Waals surface area contributed by atoms with E-state index in [-0.39, 0.29) is 12.1 Å². The van der Waals surface area contributed by atoms with E-state index in [0.29, 0.717) is 5.95 Å². The third kappa shape index (κ3) is 4.16. The minimum Gasteiger partial charge on any atom is -0.465 e. The van der Waals surface area contributed by atoms with Crippen molar-refractivity contribution < 1.29 is 9.90 Å². The van der Waals surface area contributed by atoms with Crippen LogP contribution in [0, 0.1) is 0 Å². The fourth-order valence-corrected chi connectivity index (χ4v) is 4.04. The van der Waals surface area contributed by atoms with E-state index in [1.165, 1.54) is 0 Å². The van der Waals surface area contributed by atoms with Crippen LogP contribution in [0.25, 0.3) is 10.9 Å². The molecule has 3 rings (SSSR count). The van der Waals surface area contributed by atoms with Crippen LogP contribution in [0.15, 0.2) is 22.8 Å². The number of nitrogens with zero attached hydrogens (tertiary/aromatic N) is 2. The number of benzene rings is 1. The first-order chi connectivity index (χ1) is 11.5. The minimum absolute atomic E-state index is 0.0513. The van der Waals surface area contributed by atoms with Gasteiger partial charge in [0, 0.05) is 33.5 Å². The molecule has 1 aromatic heterocycles. The van der Waals surface area contributed by atoms with Gasteiger partial charge in [0.2, 0.25) is 5.95 Å². The smallest absolute Gasteiger partial charge is 0.404 e. The maximum Gasteiger partial charge on any atom is 0.404 e. The van der Waals surface area contributed by atoms with Gasteiger partial charge in [0.15, 0.2) is 0 Å². The summed E-state index contributed by atoms with van der Waals surface area (Å²) in [5.74, 6) is 0.627. The molecular weight excluding hydrogens is 440 g/mol. The molecule has 1 heterocycles. The normalized spacial score (nSPS) is 20.8. The summed E-state index contributed by atoms with van der Waals surface area (Å²) in [4.78, 5) is 19.8. The Morgan fingerprint density at radius 1 is 1.25 bits per heavy atom. The fourth-order valence-electron chi connectivity index (χ4n) is 3.09. The molecule has 24 heavy (non-hydrogen) atoms. The van der Waals surface area contributed by atoms with Crippen LogP contribution in [-0.2, 0) is 5.33 Å². The van der Waals surface area contributed by atoms with Crippen LogP contribution in [0.4, 0.5) is 10.7 Å². The Balaban J connectivity index is 1.70. The third-order valence-corrected chi connectivity index (χ3v) is 5.32. The maximum atomic E-state index is 10.7. The van der Waals surface area contributed by atoms with Crippen LogP contribution in [0.5, 0.6) is 0 Å². The zero-order valence-electron chi connectivity index (χ0n) is 12.9. The van der Waals surface area contributed by atoms with Crippen LogP contribution in [0.3, 0.4) is 0 Å². The second-order valence-corrected chi connectivity index (χ2v) is 7.45. The number of hydrogen-bond acceptors (Lipinski definition) is 4. The Kier molecular flexibility index (Phi) is 5.55. The van der Waals surface area contributed by atoms with Crippen molar-refractivity contribution in [3.63, 3.8) is 0 Å². The quantitative estimate of drug-likeness (QED) is 0.596. The second-order valence-electron chi connectivity index (χ2n) is 5.97. The molecule has 0 unspecified atom stereocenters. The van der Waals surface area contributed by atoms with Crippen molar-refractivity contribution in [3.05, 3.63) is 28.4 Å². The highest BCUT2D eigenvalue weighted by Crippen LogP contribution is 2.26. The number of carbonyl (C=O) groups is 1. The van der Waals surface area contributed by atoms with Crippen molar-refractivity contribution >= 4 is 54.8 Å². The molecule has 8 heteroatoms. The summed E-state index contributed by atoms with van der Waals surface area (Å²) in [5.41, 5.74) is 2.05. The number of carboxylic acid groups (broad SMARTS) is 1. The number of halogens is 2. The molecule has 1 fully saturated rings. The highest BCUT2D eigenvalue weighted by Gasteiger charge is 2.22. The van der Waals surface area contributed by atoms with Crippen molar-refractivity contribution in [2.45, 2.75) is 43.1 Å². The van der Waals surface area contributed by atoms with Crippen molar-refractivity contribution in [3.8, 4) is 0 Å². The van der Waals surface area contributed by atoms with E-state index < -0.39 is 6.09 Å². The lowest BCUT2D eigenvalue weighted by molar-refractivity contribution is 0.185. The average Bonchev–Trinajstić information content (AvgIpc) is 2.55. The van der Waals surface area contributed by atoms with Crippen molar-refractivity contribution in [2.75, 3.05) is 5.32 Å². The minimum atomic E-state index is -0.947. The number of aromatic nitrogens is 2. The second kappa shape index (κ2) is 7.65. The van der Waals surface area contributed by atoms with Gasteiger partial charge < -0.3 is 15.7 Å². The summed E-state index contributed by atoms with van der Waals surface area (Å²) >= 11 is 7.01. The maximum absolute atomic E-state index is 10.7. The third-order valence-electron chi connectivity index (χ3n) is 4.26. The largest absolute Gasteiger partial charge is 0.465 e. The highest BCUT2D eigenvalue weighted by atomic mass is 79.9. The summed E-state index contributed by atoms with van der Waals surface area (Å²) in [7, 11) is 0. The Hall–Kier alpha value is -1.41. The van der Waals surface area contributed by atoms with Crippen molar-refractivity contribution in [2.24, 2.45) is 0 Å². The number of hydrogen-bond donors (Lipinski definition) is 3. The Morgan fingerprint density at radius 2 is 1.96 bits per heavy atom. The summed E-state index contributed by atoms with van der Waals surface area (Å²) < 4.78 is 1.01. The van der Waals surface area contributed by atoms with Crippen LogP contribution >= 0.6 is 31.9 Å². The highest BCUT2D eigenvalue weighted by molar-refractivity contribution is 9.10. The summed E-state index contributed by atoms with van der Waals surface area (Å²) in [6, 6.07) is 4.39. The van der Waals surface area contributed by atoms with Crippen LogP contribution < -0.4 is 10.6 Å². The van der Waals surface area contributed by atoms with Gasteiger partial charge in [-0.15, -0.1) is 0 Å². The van der Waals surface area contributed by atoms with E-state index in [1.807, 2.05) is 12.3 Å². The van der Waals surface area contributed by atoms with Crippen LogP contribution in [0.2, 0.25) is 0 Å². The molecule has 0 saturated heterocycles. The van der Waals surface area contributed by atoms with Crippen LogP contribution in [0.1, 0.15) is 31.2 Å². The van der Waals surface area contributed by atoms with Gasteiger partial charge in [0.1, 0.15) is 0 Å². The summed E-state index contributed by atoms with van der Waals surface area (Å²) in [6.07, 6.45) is 4.35. The molecule has 1 aliphatic carbocycles. The topological polar surface area (TPSA) is 87.1 Å². The van der Waals surface area contributed by atoms with Gasteiger partial charge in [-0.2, -0.15) is 0 Å². The lowest BCUT2D eigenvalue weighted by atomic mass is 9.91. The Bertz CT molecular complexity index is 748. The van der Waals surface area contributed by atoms with Gasteiger partial charge in [-0.1, -0.05) is 31.9 Å². The van der Waals surface area contributed by atoms with Crippen molar-refractivity contribution in [1.29, 1.82) is 0 Å². The first-order valence-corrected chi connectivity index (χ1v) is 9.73. The molecule has 1 amide bonds. The zero-order valence-corrected chi connectivity index (χ0v) is 16.1. The van der Waals surface area contributed by atoms with E-state index >= 15 is 0 Å². The van der Waals surface area contributed by atoms with E-state index in [9.17, 15) is 4.79 Å². The Labute approximate surface area is 156 Å². The number of fused-ring (bicyclic) bond motifs is 1. The van der Waals surface area contributed by atoms with E-state index in [2.05, 4.69) is 58.5 Å². The van der Waals surface area contributed by atoms with Gasteiger partial charge in [-0.05, 0) is 43.4 Å². The SMILES string of the molecule is O=C(O)N[C@H]1CC[C@H](Nc2ncc3cc(Br)cc(CBr)c3n2)CC1. The van der Waals surface area contributed by atoms with Gasteiger partial charge >= 0.3 is 6.09 Å². The molecular formula is C16H18Br2N4O2. The first kappa shape index (κ1) is 17.4. The number of rotatable bonds is 4. The predicted octanol–water partition coefficient (Wildman–Crippen LogP) is 4.28. The van der Waals surface area contributed by atoms with Gasteiger partial charge in [-0.25, -0.2) is 14.8 Å². The monoisotopic (exact) mass is 456 g/mol. The standard InChI is InChI=1S/C16H18Br2N4O2/c17-7-9-5-11(18)6-10-8-19-15(22-14(9)10)20-12-1-3-13(4-2-12)21-16(23)24/h5-6,8,12-13,21H,1-4,7H2,(H,23,24)(H,19,20,22)/t12-,13-. The average molecular weight is 458 g/mol. The number of anilines is 1. The van der Waals surface area contributed by atoms with Gasteiger partial charge in [0.25, 0.3) is 0 Å². The van der Waals surface area contributed by atoms with Gasteiger partial charge in [-0.3, -0.25) is 0 Å². The van der Waals surface area contributed by atoms with E-state index in [4.69, 9.17) is 5.11 Å². The molecule has 0 spiro atoms. The lowest BCUT2D eigenvalue weighted by Crippen LogP contribution is -2.39. The number of nitrogens with one attached hydrogen (secondary N) is 2. The predicted molar refractivity (Wildman–Crippen MR) is 101 cm³/mol. The molecule has 0 atom stereocenters.